The summed E-state index contributed by atoms with van der Waals surface area (Å²) in [4.78, 5) is 13.3. The Balaban J connectivity index is 1.45. The molecule has 1 aliphatic heterocycles. The lowest BCUT2D eigenvalue weighted by Crippen LogP contribution is -2.43. The van der Waals surface area contributed by atoms with Gasteiger partial charge in [0.25, 0.3) is 0 Å². The maximum Gasteiger partial charge on any atom is 0.320 e. The normalized spacial score (nSPS) is 17.9. The van der Waals surface area contributed by atoms with Gasteiger partial charge in [-0.2, -0.15) is 14.5 Å². The third kappa shape index (κ3) is 5.40. The van der Waals surface area contributed by atoms with Crippen molar-refractivity contribution in [2.24, 2.45) is 7.05 Å². The zero-order valence-electron chi connectivity index (χ0n) is 21.5. The second kappa shape index (κ2) is 10.2. The first-order chi connectivity index (χ1) is 18.5. The van der Waals surface area contributed by atoms with Crippen LogP contribution in [0.2, 0.25) is 0 Å². The Hall–Kier alpha value is -4.10. The highest BCUT2D eigenvalue weighted by Crippen LogP contribution is 2.32. The number of anilines is 1. The van der Waals surface area contributed by atoms with E-state index in [-0.39, 0.29) is 13.1 Å². The van der Waals surface area contributed by atoms with Crippen molar-refractivity contribution in [2.45, 2.75) is 18.9 Å². The third-order valence-corrected chi connectivity index (χ3v) is 8.01. The largest absolute Gasteiger partial charge is 0.333 e. The minimum absolute atomic E-state index is 0.0149. The number of amides is 2. The Morgan fingerprint density at radius 1 is 1.08 bits per heavy atom. The second-order valence-corrected chi connectivity index (χ2v) is 11.5. The van der Waals surface area contributed by atoms with Crippen molar-refractivity contribution in [2.75, 3.05) is 24.7 Å². The van der Waals surface area contributed by atoms with Gasteiger partial charge in [0.2, 0.25) is 10.0 Å². The van der Waals surface area contributed by atoms with Gasteiger partial charge >= 0.3 is 6.03 Å². The summed E-state index contributed by atoms with van der Waals surface area (Å²) in [7, 11) is -1.80. The number of nitrogens with zero attached hydrogens (tertiary/aromatic N) is 5. The minimum Gasteiger partial charge on any atom is -0.333 e. The molecular weight excluding hydrogens is 528 g/mol. The summed E-state index contributed by atoms with van der Waals surface area (Å²) < 4.78 is 56.6. The fourth-order valence-corrected chi connectivity index (χ4v) is 5.66. The molecule has 4 aromatic rings. The van der Waals surface area contributed by atoms with Gasteiger partial charge in [0, 0.05) is 43.4 Å². The third-order valence-electron chi connectivity index (χ3n) is 6.78. The van der Waals surface area contributed by atoms with Gasteiger partial charge in [-0.3, -0.25) is 10.00 Å². The lowest BCUT2D eigenvalue weighted by molar-refractivity contribution is 0.248. The average molecular weight is 556 g/mol. The smallest absolute Gasteiger partial charge is 0.320 e. The molecule has 204 valence electrons. The molecule has 0 unspecified atom stereocenters. The van der Waals surface area contributed by atoms with Crippen LogP contribution in [-0.4, -0.2) is 63.7 Å². The van der Waals surface area contributed by atoms with Gasteiger partial charge in [-0.1, -0.05) is 24.3 Å². The molecule has 13 heteroatoms. The molecule has 0 aliphatic carbocycles. The van der Waals surface area contributed by atoms with Crippen LogP contribution in [0.3, 0.4) is 0 Å². The van der Waals surface area contributed by atoms with Crippen LogP contribution in [-0.2, 0) is 17.1 Å². The Morgan fingerprint density at radius 3 is 2.46 bits per heavy atom. The average Bonchev–Trinajstić information content (AvgIpc) is 3.59. The van der Waals surface area contributed by atoms with E-state index in [1.54, 1.807) is 22.6 Å². The number of benzene rings is 2. The van der Waals surface area contributed by atoms with E-state index < -0.39 is 39.6 Å². The Morgan fingerprint density at radius 2 is 1.82 bits per heavy atom. The number of rotatable bonds is 6. The maximum absolute atomic E-state index is 14.0. The topological polar surface area (TPSA) is 114 Å². The van der Waals surface area contributed by atoms with Crippen LogP contribution in [0.1, 0.15) is 17.0 Å². The number of hydrogen-bond donors (Lipinski definition) is 2. The highest BCUT2D eigenvalue weighted by molar-refractivity contribution is 7.88. The van der Waals surface area contributed by atoms with Crippen molar-refractivity contribution in [1.82, 2.24) is 29.2 Å². The predicted molar refractivity (Wildman–Crippen MR) is 142 cm³/mol. The van der Waals surface area contributed by atoms with Gasteiger partial charge in [-0.25, -0.2) is 26.7 Å². The number of carbonyl (C=O) groups excluding carboxylic acids is 1. The lowest BCUT2D eigenvalue weighted by Gasteiger charge is -2.21. The standard InChI is InChI=1S/C26H27F2N7O3S/c1-16-24(18-12-29-33(2)13-18)32-35(19-7-5-4-6-8-19)25(16)31-26(36)30-23-15-34(39(3,37)38)14-20(23)17-9-10-21(27)22(28)11-17/h4-13,20,23H,14-15H2,1-3H3,(H2,30,31,36)/t20-,23+/m0/s1. The summed E-state index contributed by atoms with van der Waals surface area (Å²) in [6, 6.07) is 11.4. The predicted octanol–water partition coefficient (Wildman–Crippen LogP) is 3.41. The molecule has 1 aliphatic rings. The molecule has 2 amide bonds. The number of nitrogens with one attached hydrogen (secondary N) is 2. The van der Waals surface area contributed by atoms with E-state index in [9.17, 15) is 22.0 Å². The molecule has 2 atom stereocenters. The first kappa shape index (κ1) is 26.5. The summed E-state index contributed by atoms with van der Waals surface area (Å²) in [5, 5.41) is 14.7. The number of para-hydroxylation sites is 1. The van der Waals surface area contributed by atoms with E-state index in [1.807, 2.05) is 43.5 Å². The maximum atomic E-state index is 14.0. The summed E-state index contributed by atoms with van der Waals surface area (Å²) in [6.45, 7) is 1.82. The molecule has 2 aromatic heterocycles. The monoisotopic (exact) mass is 555 g/mol. The second-order valence-electron chi connectivity index (χ2n) is 9.54. The minimum atomic E-state index is -3.59. The molecule has 3 heterocycles. The quantitative estimate of drug-likeness (QED) is 0.379. The number of aromatic nitrogens is 4. The molecule has 2 aromatic carbocycles. The Kier molecular flexibility index (Phi) is 6.95. The first-order valence-corrected chi connectivity index (χ1v) is 14.0. The SMILES string of the molecule is Cc1c(-c2cnn(C)c2)nn(-c2ccccc2)c1NC(=O)N[C@@H]1CN(S(C)(=O)=O)C[C@H]1c1ccc(F)c(F)c1. The van der Waals surface area contributed by atoms with Crippen LogP contribution in [0.25, 0.3) is 16.9 Å². The fraction of sp³-hybridized carbons (Fsp3) is 0.269. The van der Waals surface area contributed by atoms with Crippen molar-refractivity contribution in [1.29, 1.82) is 0 Å². The van der Waals surface area contributed by atoms with Gasteiger partial charge in [0.05, 0.1) is 24.2 Å². The van der Waals surface area contributed by atoms with Gasteiger partial charge in [0.1, 0.15) is 11.5 Å². The first-order valence-electron chi connectivity index (χ1n) is 12.1. The van der Waals surface area contributed by atoms with Crippen LogP contribution in [0.15, 0.2) is 60.9 Å². The molecule has 1 fully saturated rings. The zero-order valence-corrected chi connectivity index (χ0v) is 22.3. The zero-order chi connectivity index (χ0) is 27.9. The van der Waals surface area contributed by atoms with Crippen LogP contribution in [0, 0.1) is 18.6 Å². The van der Waals surface area contributed by atoms with Gasteiger partial charge in [-0.05, 0) is 36.8 Å². The fourth-order valence-electron chi connectivity index (χ4n) is 4.79. The summed E-state index contributed by atoms with van der Waals surface area (Å²) in [5.74, 6) is -2.22. The highest BCUT2D eigenvalue weighted by Gasteiger charge is 2.39. The molecule has 2 N–H and O–H groups in total. The van der Waals surface area contributed by atoms with Crippen molar-refractivity contribution in [3.8, 4) is 16.9 Å². The van der Waals surface area contributed by atoms with Crippen molar-refractivity contribution < 1.29 is 22.0 Å². The van der Waals surface area contributed by atoms with Crippen LogP contribution < -0.4 is 10.6 Å². The molecule has 39 heavy (non-hydrogen) atoms. The Bertz CT molecular complexity index is 1640. The molecular formula is C26H27F2N7O3S. The van der Waals surface area contributed by atoms with Gasteiger partial charge in [0.15, 0.2) is 11.6 Å². The molecule has 0 saturated carbocycles. The van der Waals surface area contributed by atoms with Crippen LogP contribution >= 0.6 is 0 Å². The molecule has 1 saturated heterocycles. The molecule has 5 rings (SSSR count). The number of hydrogen-bond acceptors (Lipinski definition) is 5. The van der Waals surface area contributed by atoms with E-state index in [2.05, 4.69) is 15.7 Å². The number of sulfonamides is 1. The highest BCUT2D eigenvalue weighted by atomic mass is 32.2. The summed E-state index contributed by atoms with van der Waals surface area (Å²) in [6.07, 6.45) is 4.57. The summed E-state index contributed by atoms with van der Waals surface area (Å²) >= 11 is 0. The number of urea groups is 1. The van der Waals surface area contributed by atoms with Crippen molar-refractivity contribution in [3.63, 3.8) is 0 Å². The van der Waals surface area contributed by atoms with E-state index in [1.165, 1.54) is 10.4 Å². The van der Waals surface area contributed by atoms with Gasteiger partial charge < -0.3 is 5.32 Å². The Labute approximate surface area is 224 Å². The molecule has 0 spiro atoms. The van der Waals surface area contributed by atoms with E-state index in [0.717, 1.165) is 29.6 Å². The van der Waals surface area contributed by atoms with Crippen LogP contribution in [0.4, 0.5) is 19.4 Å². The van der Waals surface area contributed by atoms with Crippen molar-refractivity contribution >= 4 is 21.9 Å². The number of carbonyl (C=O) groups is 1. The van der Waals surface area contributed by atoms with E-state index >= 15 is 0 Å². The lowest BCUT2D eigenvalue weighted by atomic mass is 9.94. The molecule has 10 nitrogen and oxygen atoms in total. The van der Waals surface area contributed by atoms with Crippen LogP contribution in [0.5, 0.6) is 0 Å². The van der Waals surface area contributed by atoms with E-state index in [0.29, 0.717) is 22.6 Å². The number of halogens is 2. The van der Waals surface area contributed by atoms with Crippen molar-refractivity contribution in [3.05, 3.63) is 83.7 Å². The molecule has 0 bridgehead atoms. The number of aryl methyl sites for hydroxylation is 1. The molecule has 0 radical (unpaired) electrons. The summed E-state index contributed by atoms with van der Waals surface area (Å²) in [5.41, 5.74) is 3.20. The van der Waals surface area contributed by atoms with Gasteiger partial charge in [-0.15, -0.1) is 0 Å². The van der Waals surface area contributed by atoms with E-state index in [4.69, 9.17) is 5.10 Å².